The summed E-state index contributed by atoms with van der Waals surface area (Å²) >= 11 is 0.936. The average Bonchev–Trinajstić information content (AvgIpc) is 3.71. The van der Waals surface area contributed by atoms with E-state index in [1.54, 1.807) is 65.0 Å². The van der Waals surface area contributed by atoms with Crippen molar-refractivity contribution in [1.29, 1.82) is 0 Å². The number of fused-ring (bicyclic) bond motifs is 1. The topological polar surface area (TPSA) is 217 Å². The van der Waals surface area contributed by atoms with E-state index in [1.807, 2.05) is 0 Å². The number of halogens is 1. The van der Waals surface area contributed by atoms with E-state index in [-0.39, 0.29) is 37.3 Å². The molecule has 5 N–H and O–H groups in total. The quantitative estimate of drug-likeness (QED) is 0.115. The summed E-state index contributed by atoms with van der Waals surface area (Å²) in [5, 5.41) is 18.5. The fourth-order valence-electron chi connectivity index (χ4n) is 6.89. The van der Waals surface area contributed by atoms with Crippen LogP contribution < -0.4 is 21.3 Å². The van der Waals surface area contributed by atoms with Crippen LogP contribution in [0.3, 0.4) is 0 Å². The second-order valence-corrected chi connectivity index (χ2v) is 15.5. The molecule has 2 fully saturated rings. The van der Waals surface area contributed by atoms with Crippen molar-refractivity contribution in [2.24, 2.45) is 23.7 Å². The number of benzene rings is 1. The Kier molecular flexibility index (Phi) is 14.6. The number of ketones is 1. The van der Waals surface area contributed by atoms with Crippen LogP contribution in [0.5, 0.6) is 0 Å². The third-order valence-electron chi connectivity index (χ3n) is 9.71. The number of carbonyl (C=O) groups is 7. The molecule has 1 aliphatic heterocycles. The van der Waals surface area contributed by atoms with Gasteiger partial charge in [0.25, 0.3) is 17.6 Å². The van der Waals surface area contributed by atoms with Crippen molar-refractivity contribution >= 4 is 53.1 Å². The van der Waals surface area contributed by atoms with Crippen LogP contribution in [-0.2, 0) is 35.2 Å². The molecule has 4 rings (SSSR count). The predicted molar refractivity (Wildman–Crippen MR) is 196 cm³/mol. The highest BCUT2D eigenvalue weighted by Gasteiger charge is 2.55. The van der Waals surface area contributed by atoms with Gasteiger partial charge in [-0.05, 0) is 41.9 Å². The fourth-order valence-corrected chi connectivity index (χ4v) is 7.68. The van der Waals surface area contributed by atoms with Crippen molar-refractivity contribution in [2.45, 2.75) is 89.6 Å². The molecule has 2 heterocycles. The summed E-state index contributed by atoms with van der Waals surface area (Å²) in [5.74, 6) is -8.25. The molecule has 8 atom stereocenters. The van der Waals surface area contributed by atoms with Gasteiger partial charge in [-0.1, -0.05) is 65.0 Å². The highest BCUT2D eigenvalue weighted by atomic mass is 32.2. The molecule has 292 valence electrons. The summed E-state index contributed by atoms with van der Waals surface area (Å²) in [6.45, 7) is 8.42. The maximum atomic E-state index is 15.2. The molecule has 2 aromatic rings. The van der Waals surface area contributed by atoms with Crippen molar-refractivity contribution in [2.75, 3.05) is 12.3 Å². The van der Waals surface area contributed by atoms with E-state index in [0.717, 1.165) is 11.8 Å². The number of thioether (sulfide) groups is 1. The van der Waals surface area contributed by atoms with Crippen LogP contribution >= 0.6 is 11.8 Å². The van der Waals surface area contributed by atoms with Crippen LogP contribution in [0.25, 0.3) is 0 Å². The van der Waals surface area contributed by atoms with E-state index in [2.05, 4.69) is 31.2 Å². The van der Waals surface area contributed by atoms with Gasteiger partial charge in [-0.25, -0.2) is 14.2 Å². The van der Waals surface area contributed by atoms with E-state index in [0.29, 0.717) is 5.56 Å². The maximum Gasteiger partial charge on any atom is 0.326 e. The summed E-state index contributed by atoms with van der Waals surface area (Å²) in [5.41, 5.74) is 0.617. The van der Waals surface area contributed by atoms with Gasteiger partial charge in [-0.3, -0.25) is 33.8 Å². The van der Waals surface area contributed by atoms with Crippen molar-refractivity contribution in [3.63, 3.8) is 0 Å². The smallest absolute Gasteiger partial charge is 0.326 e. The standard InChI is InChI=1S/C37H48FN7O8S/c1-6-54-35(30(46)34(50)41-25(37(52)53)16-21-10-8-7-9-11-21)44-33(49)29-22-12-13-24(38)23(22)18-45(29)36(51)28(20(4)5)43-32(48)27(19(2)3)42-31(47)26-17-39-14-15-40-26/h7-11,14-15,17,19-20,22-25,27-29,35H,6,12-13,16,18H2,1-5H3,(H,41,50)(H,42,47)(H,43,48)(H,44,49)(H,52,53)/t22-,23-,24?,25-,27?,28?,29?,35?/m0/s1. The number of nitrogens with zero attached hydrogens (tertiary/aromatic N) is 3. The van der Waals surface area contributed by atoms with Gasteiger partial charge in [0.1, 0.15) is 41.4 Å². The fraction of sp³-hybridized carbons (Fsp3) is 0.541. The third kappa shape index (κ3) is 10.2. The van der Waals surface area contributed by atoms with Crippen LogP contribution in [0.1, 0.15) is 63.5 Å². The lowest BCUT2D eigenvalue weighted by atomic mass is 9.92. The van der Waals surface area contributed by atoms with Gasteiger partial charge in [-0.15, -0.1) is 11.8 Å². The first-order valence-corrected chi connectivity index (χ1v) is 19.0. The monoisotopic (exact) mass is 769 g/mol. The van der Waals surface area contributed by atoms with Gasteiger partial charge in [0.15, 0.2) is 0 Å². The van der Waals surface area contributed by atoms with E-state index >= 15 is 4.39 Å². The van der Waals surface area contributed by atoms with Crippen LogP contribution in [0.2, 0.25) is 0 Å². The lowest BCUT2D eigenvalue weighted by Crippen LogP contribution is -2.60. The first-order valence-electron chi connectivity index (χ1n) is 18.0. The Morgan fingerprint density at radius 2 is 1.59 bits per heavy atom. The number of hydrogen-bond donors (Lipinski definition) is 5. The molecule has 15 nitrogen and oxygen atoms in total. The van der Waals surface area contributed by atoms with Crippen molar-refractivity contribution < 1.29 is 43.1 Å². The Morgan fingerprint density at radius 1 is 0.907 bits per heavy atom. The summed E-state index contributed by atoms with van der Waals surface area (Å²) in [6.07, 6.45) is 3.08. The van der Waals surface area contributed by atoms with Crippen molar-refractivity contribution in [3.05, 3.63) is 60.2 Å². The Morgan fingerprint density at radius 3 is 2.19 bits per heavy atom. The molecule has 54 heavy (non-hydrogen) atoms. The number of likely N-dealkylation sites (tertiary alicyclic amines) is 1. The molecule has 1 aromatic carbocycles. The van der Waals surface area contributed by atoms with Gasteiger partial charge in [0.05, 0.1) is 6.20 Å². The number of nitrogens with one attached hydrogen (secondary N) is 4. The van der Waals surface area contributed by atoms with Gasteiger partial charge in [0, 0.05) is 31.3 Å². The largest absolute Gasteiger partial charge is 0.480 e. The summed E-state index contributed by atoms with van der Waals surface area (Å²) in [4.78, 5) is 102. The first kappa shape index (κ1) is 41.8. The van der Waals surface area contributed by atoms with E-state index < -0.39 is 101 Å². The first-order chi connectivity index (χ1) is 25.6. The van der Waals surface area contributed by atoms with Crippen molar-refractivity contribution in [3.8, 4) is 0 Å². The molecule has 5 amide bonds. The molecule has 1 aliphatic carbocycles. The molecule has 1 saturated heterocycles. The van der Waals surface area contributed by atoms with Gasteiger partial charge in [-0.2, -0.15) is 0 Å². The Hall–Kier alpha value is -4.93. The normalized spacial score (nSPS) is 21.4. The van der Waals surface area contributed by atoms with Crippen LogP contribution in [0, 0.1) is 23.7 Å². The molecule has 1 saturated carbocycles. The van der Waals surface area contributed by atoms with Crippen LogP contribution in [-0.4, -0.2) is 109 Å². The summed E-state index contributed by atoms with van der Waals surface area (Å²) in [7, 11) is 0. The highest BCUT2D eigenvalue weighted by molar-refractivity contribution is 8.00. The number of aromatic nitrogens is 2. The maximum absolute atomic E-state index is 15.2. The molecule has 0 bridgehead atoms. The zero-order valence-corrected chi connectivity index (χ0v) is 31.7. The number of aliphatic carboxylic acids is 1. The zero-order valence-electron chi connectivity index (χ0n) is 30.9. The molecule has 2 aliphatic rings. The number of Topliss-reactive ketones (excluding diaryl/α,β-unsaturated/α-hetero) is 1. The third-order valence-corrected chi connectivity index (χ3v) is 10.7. The molecular weight excluding hydrogens is 722 g/mol. The number of rotatable bonds is 17. The number of carboxylic acid groups (broad SMARTS) is 1. The molecular formula is C37H48FN7O8S. The number of alkyl halides is 1. The summed E-state index contributed by atoms with van der Waals surface area (Å²) < 4.78 is 15.2. The lowest BCUT2D eigenvalue weighted by molar-refractivity contribution is -0.145. The highest BCUT2D eigenvalue weighted by Crippen LogP contribution is 2.44. The van der Waals surface area contributed by atoms with Crippen LogP contribution in [0.15, 0.2) is 48.9 Å². The van der Waals surface area contributed by atoms with E-state index in [4.69, 9.17) is 0 Å². The number of carboxylic acids is 1. The minimum atomic E-state index is -1.43. The van der Waals surface area contributed by atoms with Crippen molar-refractivity contribution in [1.82, 2.24) is 36.1 Å². The molecule has 1 aromatic heterocycles. The minimum Gasteiger partial charge on any atom is -0.480 e. The van der Waals surface area contributed by atoms with E-state index in [9.17, 15) is 38.7 Å². The van der Waals surface area contributed by atoms with Gasteiger partial charge in [0.2, 0.25) is 17.7 Å². The minimum absolute atomic E-state index is 0.00457. The Bertz CT molecular complexity index is 1680. The predicted octanol–water partition coefficient (Wildman–Crippen LogP) is 1.52. The molecule has 0 spiro atoms. The molecule has 17 heteroatoms. The zero-order chi connectivity index (χ0) is 39.7. The molecule has 0 radical (unpaired) electrons. The van der Waals surface area contributed by atoms with Crippen LogP contribution in [0.4, 0.5) is 4.39 Å². The number of amides is 5. The average molecular weight is 770 g/mol. The van der Waals surface area contributed by atoms with Gasteiger partial charge >= 0.3 is 5.97 Å². The van der Waals surface area contributed by atoms with E-state index in [1.165, 1.54) is 23.5 Å². The lowest BCUT2D eigenvalue weighted by Gasteiger charge is -2.33. The Labute approximate surface area is 317 Å². The molecule has 5 unspecified atom stereocenters. The number of hydrogen-bond acceptors (Lipinski definition) is 10. The van der Waals surface area contributed by atoms with Gasteiger partial charge < -0.3 is 31.3 Å². The second kappa shape index (κ2) is 18.9. The SMILES string of the molecule is CCSC(NC(=O)C1[C@H]2CCC(F)[C@H]2CN1C(=O)C(NC(=O)C(NC(=O)c1cnccn1)C(C)C)C(C)C)C(=O)C(=O)N[C@@H](Cc1ccccc1)C(=O)O. The second-order valence-electron chi connectivity index (χ2n) is 14.1. The number of carbonyl (C=O) groups excluding carboxylic acids is 6. The summed E-state index contributed by atoms with van der Waals surface area (Å²) in [6, 6.07) is 3.66. The Balaban J connectivity index is 1.52.